The second-order valence-electron chi connectivity index (χ2n) is 15.8. The van der Waals surface area contributed by atoms with Crippen molar-refractivity contribution in [2.75, 3.05) is 0 Å². The number of nitrogens with zero attached hydrogens (tertiary/aromatic N) is 4. The van der Waals surface area contributed by atoms with E-state index in [-0.39, 0.29) is 0 Å². The molecule has 12 aromatic rings. The van der Waals surface area contributed by atoms with Gasteiger partial charge in [0.05, 0.1) is 11.2 Å². The topological polar surface area (TPSA) is 64.7 Å². The minimum atomic E-state index is 0.641. The molecule has 3 aromatic heterocycles. The molecular formula is C58H36N4O. The van der Waals surface area contributed by atoms with Gasteiger partial charge in [-0.3, -0.25) is 0 Å². The summed E-state index contributed by atoms with van der Waals surface area (Å²) in [5.74, 6) is 1.94. The van der Waals surface area contributed by atoms with Crippen LogP contribution in [0.4, 0.5) is 0 Å². The maximum Gasteiger partial charge on any atom is 0.164 e. The Hall–Kier alpha value is -8.54. The molecule has 0 amide bonds. The Morgan fingerprint density at radius 3 is 1.27 bits per heavy atom. The molecule has 0 aliphatic rings. The molecule has 0 fully saturated rings. The van der Waals surface area contributed by atoms with Crippen LogP contribution in [0.15, 0.2) is 223 Å². The zero-order valence-electron chi connectivity index (χ0n) is 34.0. The Kier molecular flexibility index (Phi) is 8.75. The maximum absolute atomic E-state index is 6.80. The number of para-hydroxylation sites is 1. The first-order valence-electron chi connectivity index (χ1n) is 21.1. The summed E-state index contributed by atoms with van der Waals surface area (Å²) < 4.78 is 6.80. The van der Waals surface area contributed by atoms with Crippen molar-refractivity contribution in [2.45, 2.75) is 0 Å². The van der Waals surface area contributed by atoms with Crippen molar-refractivity contribution in [3.63, 3.8) is 0 Å². The van der Waals surface area contributed by atoms with Crippen LogP contribution in [-0.4, -0.2) is 19.9 Å². The number of benzene rings is 9. The first kappa shape index (κ1) is 36.3. The first-order valence-corrected chi connectivity index (χ1v) is 21.1. The van der Waals surface area contributed by atoms with Crippen molar-refractivity contribution in [1.29, 1.82) is 0 Å². The van der Waals surface area contributed by atoms with Crippen molar-refractivity contribution in [2.24, 2.45) is 0 Å². The summed E-state index contributed by atoms with van der Waals surface area (Å²) in [6.45, 7) is 0. The van der Waals surface area contributed by atoms with Crippen LogP contribution in [0.25, 0.3) is 122 Å². The van der Waals surface area contributed by atoms with E-state index in [1.54, 1.807) is 0 Å². The summed E-state index contributed by atoms with van der Waals surface area (Å²) in [5.41, 5.74) is 14.4. The lowest BCUT2D eigenvalue weighted by molar-refractivity contribution is 0.673. The van der Waals surface area contributed by atoms with Gasteiger partial charge in [-0.15, -0.1) is 0 Å². The molecule has 0 N–H and O–H groups in total. The maximum atomic E-state index is 6.80. The lowest BCUT2D eigenvalue weighted by atomic mass is 9.94. The van der Waals surface area contributed by atoms with Gasteiger partial charge in [0.1, 0.15) is 11.2 Å². The molecule has 12 rings (SSSR count). The Balaban J connectivity index is 0.847. The number of rotatable bonds is 7. The summed E-state index contributed by atoms with van der Waals surface area (Å²) in [4.78, 5) is 19.8. The molecule has 0 spiro atoms. The Morgan fingerprint density at radius 1 is 0.270 bits per heavy atom. The average Bonchev–Trinajstić information content (AvgIpc) is 3.76. The van der Waals surface area contributed by atoms with Gasteiger partial charge in [0.2, 0.25) is 0 Å². The number of pyridine rings is 1. The third-order valence-electron chi connectivity index (χ3n) is 12.0. The fraction of sp³-hybridized carbons (Fsp3) is 0. The lowest BCUT2D eigenvalue weighted by Crippen LogP contribution is -2.00. The summed E-state index contributed by atoms with van der Waals surface area (Å²) in [7, 11) is 0. The highest BCUT2D eigenvalue weighted by Gasteiger charge is 2.19. The molecule has 0 radical (unpaired) electrons. The third kappa shape index (κ3) is 6.51. The molecule has 0 bridgehead atoms. The molecule has 5 nitrogen and oxygen atoms in total. The number of fused-ring (bicyclic) bond motifs is 7. The molecule has 294 valence electrons. The molecule has 9 aromatic carbocycles. The van der Waals surface area contributed by atoms with Crippen molar-refractivity contribution in [3.05, 3.63) is 218 Å². The fourth-order valence-electron chi connectivity index (χ4n) is 8.82. The van der Waals surface area contributed by atoms with Crippen molar-refractivity contribution >= 4 is 43.6 Å². The second-order valence-corrected chi connectivity index (χ2v) is 15.8. The predicted octanol–water partition coefficient (Wildman–Crippen LogP) is 15.1. The monoisotopic (exact) mass is 804 g/mol. The van der Waals surface area contributed by atoms with Crippen LogP contribution in [0.3, 0.4) is 0 Å². The van der Waals surface area contributed by atoms with Crippen molar-refractivity contribution in [1.82, 2.24) is 19.9 Å². The molecular weight excluding hydrogens is 769 g/mol. The fourth-order valence-corrected chi connectivity index (χ4v) is 8.82. The van der Waals surface area contributed by atoms with E-state index >= 15 is 0 Å². The summed E-state index contributed by atoms with van der Waals surface area (Å²) >= 11 is 0. The van der Waals surface area contributed by atoms with Gasteiger partial charge in [-0.05, 0) is 51.6 Å². The van der Waals surface area contributed by atoms with E-state index in [1.165, 1.54) is 0 Å². The van der Waals surface area contributed by atoms with Gasteiger partial charge in [0, 0.05) is 49.2 Å². The lowest BCUT2D eigenvalue weighted by Gasteiger charge is -2.11. The third-order valence-corrected chi connectivity index (χ3v) is 12.0. The highest BCUT2D eigenvalue weighted by molar-refractivity contribution is 6.26. The molecule has 0 saturated carbocycles. The van der Waals surface area contributed by atoms with E-state index in [9.17, 15) is 0 Å². The molecule has 0 atom stereocenters. The smallest absolute Gasteiger partial charge is 0.164 e. The highest BCUT2D eigenvalue weighted by atomic mass is 16.3. The van der Waals surface area contributed by atoms with Crippen molar-refractivity contribution < 1.29 is 4.42 Å². The molecule has 63 heavy (non-hydrogen) atoms. The van der Waals surface area contributed by atoms with E-state index in [2.05, 4.69) is 146 Å². The van der Waals surface area contributed by atoms with E-state index in [0.29, 0.717) is 17.5 Å². The summed E-state index contributed by atoms with van der Waals surface area (Å²) in [6, 6.07) is 75.8. The van der Waals surface area contributed by atoms with Crippen LogP contribution in [0.5, 0.6) is 0 Å². The van der Waals surface area contributed by atoms with Crippen molar-refractivity contribution in [3.8, 4) is 78.8 Å². The average molecular weight is 805 g/mol. The number of hydrogen-bond donors (Lipinski definition) is 0. The van der Waals surface area contributed by atoms with Crippen LogP contribution in [-0.2, 0) is 0 Å². The van der Waals surface area contributed by atoms with E-state index in [1.807, 2.05) is 72.8 Å². The summed E-state index contributed by atoms with van der Waals surface area (Å²) in [6.07, 6.45) is 0. The quantitative estimate of drug-likeness (QED) is 0.150. The molecule has 0 aliphatic heterocycles. The second kappa shape index (κ2) is 15.2. The molecule has 0 saturated heterocycles. The number of aromatic nitrogens is 4. The zero-order chi connectivity index (χ0) is 41.7. The van der Waals surface area contributed by atoms with Crippen LogP contribution in [0.2, 0.25) is 0 Å². The summed E-state index contributed by atoms with van der Waals surface area (Å²) in [5, 5.41) is 5.46. The van der Waals surface area contributed by atoms with Gasteiger partial charge in [-0.1, -0.05) is 200 Å². The highest BCUT2D eigenvalue weighted by Crippen LogP contribution is 2.43. The zero-order valence-corrected chi connectivity index (χ0v) is 34.0. The predicted molar refractivity (Wildman–Crippen MR) is 258 cm³/mol. The minimum Gasteiger partial charge on any atom is -0.455 e. The van der Waals surface area contributed by atoms with Gasteiger partial charge < -0.3 is 4.42 Å². The molecule has 5 heteroatoms. The Morgan fingerprint density at radius 2 is 0.714 bits per heavy atom. The minimum absolute atomic E-state index is 0.641. The van der Waals surface area contributed by atoms with Crippen LogP contribution >= 0.6 is 0 Å². The van der Waals surface area contributed by atoms with Gasteiger partial charge >= 0.3 is 0 Å². The van der Waals surface area contributed by atoms with Gasteiger partial charge in [-0.25, -0.2) is 19.9 Å². The SMILES string of the molecule is c1ccc(-c2nc(-c3ccccc3)nc(-c3ccc(-c4ccc(-c5ccc(-c6cccc7oc8c(ccc9c(-c%10ccccc%10)nc%10ccccc%10c98)c67)cc5)cc4)cc3)n2)cc1. The van der Waals surface area contributed by atoms with Crippen LogP contribution in [0.1, 0.15) is 0 Å². The standard InChI is InChI=1S/C58H36N4O/c1-4-13-42(14-5-1)54-48-35-36-49-52-46(20-12-22-51(52)63-55(49)53(48)47-19-10-11-21-50(47)59-54)41-31-27-39(28-32-41)37-23-25-38(26-24-37)40-29-33-45(34-30-40)58-61-56(43-15-6-2-7-16-43)60-57(62-58)44-17-8-3-9-18-44/h1-36H. The van der Waals surface area contributed by atoms with Gasteiger partial charge in [0.15, 0.2) is 17.5 Å². The Labute approximate surface area is 363 Å². The largest absolute Gasteiger partial charge is 0.455 e. The number of furan rings is 1. The van der Waals surface area contributed by atoms with Crippen LogP contribution in [0, 0.1) is 0 Å². The van der Waals surface area contributed by atoms with Crippen LogP contribution < -0.4 is 0 Å². The molecule has 3 heterocycles. The first-order chi connectivity index (χ1) is 31.2. The van der Waals surface area contributed by atoms with E-state index < -0.39 is 0 Å². The number of hydrogen-bond acceptors (Lipinski definition) is 5. The Bertz CT molecular complexity index is 3570. The normalized spacial score (nSPS) is 11.5. The van der Waals surface area contributed by atoms with E-state index in [4.69, 9.17) is 24.4 Å². The molecule has 0 unspecified atom stereocenters. The van der Waals surface area contributed by atoms with E-state index in [0.717, 1.165) is 105 Å². The molecule has 0 aliphatic carbocycles. The van der Waals surface area contributed by atoms with Gasteiger partial charge in [0.25, 0.3) is 0 Å². The van der Waals surface area contributed by atoms with Gasteiger partial charge in [-0.2, -0.15) is 0 Å².